The molecule has 0 aliphatic carbocycles. The summed E-state index contributed by atoms with van der Waals surface area (Å²) in [6.07, 6.45) is 2.76. The van der Waals surface area contributed by atoms with E-state index >= 15 is 0 Å². The van der Waals surface area contributed by atoms with Crippen molar-refractivity contribution in [3.05, 3.63) is 29.8 Å². The van der Waals surface area contributed by atoms with Crippen molar-refractivity contribution in [2.75, 3.05) is 18.0 Å². The van der Waals surface area contributed by atoms with Gasteiger partial charge in [0.25, 0.3) is 0 Å². The van der Waals surface area contributed by atoms with Crippen LogP contribution in [-0.2, 0) is 11.2 Å². The highest BCUT2D eigenvalue weighted by atomic mass is 16.4. The summed E-state index contributed by atoms with van der Waals surface area (Å²) in [5.74, 6) is -0.877. The average molecular weight is 233 g/mol. The van der Waals surface area contributed by atoms with Crippen LogP contribution in [0.2, 0.25) is 0 Å². The standard InChI is InChI=1S/C14H19NO2/c1-2-11-6-3-4-8-13(11)15-9-5-7-12(10-15)14(16)17/h3-4,6,8,12H,2,5,7,9-10H2,1H3,(H,16,17). The number of aryl methyl sites for hydroxylation is 1. The highest BCUT2D eigenvalue weighted by molar-refractivity contribution is 5.71. The maximum Gasteiger partial charge on any atom is 0.308 e. The predicted molar refractivity (Wildman–Crippen MR) is 68.4 cm³/mol. The molecule has 3 heteroatoms. The molecule has 1 aliphatic rings. The molecule has 2 rings (SSSR count). The van der Waals surface area contributed by atoms with Gasteiger partial charge in [-0.25, -0.2) is 0 Å². The number of para-hydroxylation sites is 1. The van der Waals surface area contributed by atoms with Crippen LogP contribution in [-0.4, -0.2) is 24.2 Å². The summed E-state index contributed by atoms with van der Waals surface area (Å²) in [5.41, 5.74) is 2.51. The number of anilines is 1. The van der Waals surface area contributed by atoms with E-state index in [1.54, 1.807) is 0 Å². The van der Waals surface area contributed by atoms with Crippen molar-refractivity contribution in [2.45, 2.75) is 26.2 Å². The molecule has 0 aromatic heterocycles. The van der Waals surface area contributed by atoms with Crippen LogP contribution in [0.15, 0.2) is 24.3 Å². The molecule has 92 valence electrons. The van der Waals surface area contributed by atoms with Gasteiger partial charge in [0.05, 0.1) is 5.92 Å². The van der Waals surface area contributed by atoms with Crippen LogP contribution in [0.25, 0.3) is 0 Å². The summed E-state index contributed by atoms with van der Waals surface area (Å²) >= 11 is 0. The zero-order valence-corrected chi connectivity index (χ0v) is 10.2. The van der Waals surface area contributed by atoms with Crippen molar-refractivity contribution in [3.8, 4) is 0 Å². The Morgan fingerprint density at radius 3 is 2.94 bits per heavy atom. The number of piperidine rings is 1. The van der Waals surface area contributed by atoms with E-state index in [-0.39, 0.29) is 5.92 Å². The van der Waals surface area contributed by atoms with Gasteiger partial charge in [0.1, 0.15) is 0 Å². The zero-order valence-electron chi connectivity index (χ0n) is 10.2. The van der Waals surface area contributed by atoms with Crippen molar-refractivity contribution in [1.82, 2.24) is 0 Å². The molecule has 1 heterocycles. The molecule has 1 atom stereocenters. The van der Waals surface area contributed by atoms with E-state index in [1.807, 2.05) is 12.1 Å². The van der Waals surface area contributed by atoms with Crippen molar-refractivity contribution < 1.29 is 9.90 Å². The van der Waals surface area contributed by atoms with Crippen LogP contribution < -0.4 is 4.90 Å². The molecule has 0 spiro atoms. The van der Waals surface area contributed by atoms with Gasteiger partial charge in [-0.3, -0.25) is 4.79 Å². The van der Waals surface area contributed by atoms with Crippen molar-refractivity contribution in [2.24, 2.45) is 5.92 Å². The SMILES string of the molecule is CCc1ccccc1N1CCCC(C(=O)O)C1. The smallest absolute Gasteiger partial charge is 0.308 e. The first-order valence-electron chi connectivity index (χ1n) is 6.28. The first kappa shape index (κ1) is 12.0. The summed E-state index contributed by atoms with van der Waals surface area (Å²) in [4.78, 5) is 13.3. The molecule has 1 aromatic rings. The fraction of sp³-hybridized carbons (Fsp3) is 0.500. The minimum atomic E-state index is -0.663. The third-order valence-electron chi connectivity index (χ3n) is 3.48. The Bertz CT molecular complexity index is 403. The normalized spacial score (nSPS) is 20.3. The topological polar surface area (TPSA) is 40.5 Å². The molecular formula is C14H19NO2. The highest BCUT2D eigenvalue weighted by Gasteiger charge is 2.26. The van der Waals surface area contributed by atoms with Gasteiger partial charge in [-0.15, -0.1) is 0 Å². The van der Waals surface area contributed by atoms with Crippen molar-refractivity contribution >= 4 is 11.7 Å². The van der Waals surface area contributed by atoms with Crippen molar-refractivity contribution in [3.63, 3.8) is 0 Å². The lowest BCUT2D eigenvalue weighted by Gasteiger charge is -2.33. The van der Waals surface area contributed by atoms with Gasteiger partial charge in [-0.2, -0.15) is 0 Å². The monoisotopic (exact) mass is 233 g/mol. The molecule has 1 saturated heterocycles. The first-order chi connectivity index (χ1) is 8.22. The molecule has 17 heavy (non-hydrogen) atoms. The van der Waals surface area contributed by atoms with E-state index in [0.29, 0.717) is 6.54 Å². The van der Waals surface area contributed by atoms with E-state index in [0.717, 1.165) is 25.8 Å². The maximum absolute atomic E-state index is 11.1. The predicted octanol–water partition coefficient (Wildman–Crippen LogP) is 2.55. The fourth-order valence-electron chi connectivity index (χ4n) is 2.52. The van der Waals surface area contributed by atoms with Crippen LogP contribution in [0.3, 0.4) is 0 Å². The highest BCUT2D eigenvalue weighted by Crippen LogP contribution is 2.26. The Kier molecular flexibility index (Phi) is 3.67. The minimum absolute atomic E-state index is 0.214. The van der Waals surface area contributed by atoms with Crippen LogP contribution in [0.4, 0.5) is 5.69 Å². The lowest BCUT2D eigenvalue weighted by Crippen LogP contribution is -2.39. The quantitative estimate of drug-likeness (QED) is 0.872. The Morgan fingerprint density at radius 1 is 1.47 bits per heavy atom. The summed E-state index contributed by atoms with van der Waals surface area (Å²) < 4.78 is 0. The van der Waals surface area contributed by atoms with E-state index in [4.69, 9.17) is 5.11 Å². The molecule has 0 bridgehead atoms. The Morgan fingerprint density at radius 2 is 2.24 bits per heavy atom. The van der Waals surface area contributed by atoms with Gasteiger partial charge >= 0.3 is 5.97 Å². The maximum atomic E-state index is 11.1. The molecule has 1 aliphatic heterocycles. The van der Waals surface area contributed by atoms with Gasteiger partial charge in [0.15, 0.2) is 0 Å². The first-order valence-corrected chi connectivity index (χ1v) is 6.28. The third-order valence-corrected chi connectivity index (χ3v) is 3.48. The second-order valence-electron chi connectivity index (χ2n) is 4.61. The number of benzene rings is 1. The Balaban J connectivity index is 2.18. The number of nitrogens with zero attached hydrogens (tertiary/aromatic N) is 1. The third kappa shape index (κ3) is 2.60. The lowest BCUT2D eigenvalue weighted by atomic mass is 9.97. The van der Waals surface area contributed by atoms with Gasteiger partial charge < -0.3 is 10.0 Å². The summed E-state index contributed by atoms with van der Waals surface area (Å²) in [6, 6.07) is 8.29. The summed E-state index contributed by atoms with van der Waals surface area (Å²) in [5, 5.41) is 9.10. The number of hydrogen-bond donors (Lipinski definition) is 1. The van der Waals surface area contributed by atoms with Gasteiger partial charge in [-0.05, 0) is 30.9 Å². The van der Waals surface area contributed by atoms with E-state index in [1.165, 1.54) is 11.3 Å². The van der Waals surface area contributed by atoms with Gasteiger partial charge in [0, 0.05) is 18.8 Å². The van der Waals surface area contributed by atoms with E-state index in [2.05, 4.69) is 24.0 Å². The second-order valence-corrected chi connectivity index (χ2v) is 4.61. The van der Waals surface area contributed by atoms with Crippen LogP contribution in [0.5, 0.6) is 0 Å². The molecule has 1 fully saturated rings. The minimum Gasteiger partial charge on any atom is -0.481 e. The van der Waals surface area contributed by atoms with E-state index < -0.39 is 5.97 Å². The number of carbonyl (C=O) groups is 1. The number of carboxylic acid groups (broad SMARTS) is 1. The lowest BCUT2D eigenvalue weighted by molar-refractivity contribution is -0.141. The van der Waals surface area contributed by atoms with Crippen LogP contribution in [0.1, 0.15) is 25.3 Å². The molecule has 3 nitrogen and oxygen atoms in total. The molecule has 0 radical (unpaired) electrons. The number of hydrogen-bond acceptors (Lipinski definition) is 2. The molecule has 0 saturated carbocycles. The summed E-state index contributed by atoms with van der Waals surface area (Å²) in [7, 11) is 0. The average Bonchev–Trinajstić information content (AvgIpc) is 2.39. The van der Waals surface area contributed by atoms with Crippen molar-refractivity contribution in [1.29, 1.82) is 0 Å². The summed E-state index contributed by atoms with van der Waals surface area (Å²) in [6.45, 7) is 3.75. The fourth-order valence-corrected chi connectivity index (χ4v) is 2.52. The van der Waals surface area contributed by atoms with Gasteiger partial charge in [-0.1, -0.05) is 25.1 Å². The number of carboxylic acids is 1. The number of aliphatic carboxylic acids is 1. The Hall–Kier alpha value is -1.51. The molecular weight excluding hydrogens is 214 g/mol. The Labute approximate surface area is 102 Å². The molecule has 1 unspecified atom stereocenters. The zero-order chi connectivity index (χ0) is 12.3. The van der Waals surface area contributed by atoms with E-state index in [9.17, 15) is 4.79 Å². The second kappa shape index (κ2) is 5.21. The molecule has 1 N–H and O–H groups in total. The van der Waals surface area contributed by atoms with Crippen LogP contribution >= 0.6 is 0 Å². The largest absolute Gasteiger partial charge is 0.481 e. The number of rotatable bonds is 3. The van der Waals surface area contributed by atoms with Crippen LogP contribution in [0, 0.1) is 5.92 Å². The molecule has 1 aromatic carbocycles. The van der Waals surface area contributed by atoms with Gasteiger partial charge in [0.2, 0.25) is 0 Å². The molecule has 0 amide bonds.